The molecular formula is C15H18N2O2. The second-order valence-corrected chi connectivity index (χ2v) is 5.23. The first-order valence-electron chi connectivity index (χ1n) is 6.34. The smallest absolute Gasteiger partial charge is 0.337 e. The molecule has 1 heterocycles. The van der Waals surface area contributed by atoms with E-state index in [2.05, 4.69) is 31.1 Å². The number of pyridine rings is 1. The van der Waals surface area contributed by atoms with E-state index in [-0.39, 0.29) is 11.1 Å². The number of benzene rings is 1. The van der Waals surface area contributed by atoms with E-state index in [9.17, 15) is 9.90 Å². The van der Waals surface area contributed by atoms with Crippen molar-refractivity contribution in [2.45, 2.75) is 32.7 Å². The van der Waals surface area contributed by atoms with Gasteiger partial charge in [-0.1, -0.05) is 31.2 Å². The zero-order valence-electron chi connectivity index (χ0n) is 11.4. The molecule has 0 aliphatic rings. The molecule has 0 spiro atoms. The molecule has 0 bridgehead atoms. The van der Waals surface area contributed by atoms with Crippen molar-refractivity contribution in [3.05, 3.63) is 36.0 Å². The Morgan fingerprint density at radius 3 is 2.53 bits per heavy atom. The minimum atomic E-state index is -0.954. The van der Waals surface area contributed by atoms with E-state index in [1.165, 1.54) is 6.20 Å². The summed E-state index contributed by atoms with van der Waals surface area (Å²) < 4.78 is 0. The lowest BCUT2D eigenvalue weighted by molar-refractivity contribution is 0.0698. The molecule has 2 aromatic rings. The van der Waals surface area contributed by atoms with Gasteiger partial charge in [-0.3, -0.25) is 0 Å². The first-order valence-corrected chi connectivity index (χ1v) is 6.34. The van der Waals surface area contributed by atoms with Gasteiger partial charge in [-0.05, 0) is 20.3 Å². The largest absolute Gasteiger partial charge is 0.478 e. The summed E-state index contributed by atoms with van der Waals surface area (Å²) in [4.78, 5) is 15.5. The van der Waals surface area contributed by atoms with Crippen LogP contribution >= 0.6 is 0 Å². The van der Waals surface area contributed by atoms with Crippen LogP contribution in [0.5, 0.6) is 0 Å². The summed E-state index contributed by atoms with van der Waals surface area (Å²) in [5.41, 5.74) is 0.149. The highest BCUT2D eigenvalue weighted by atomic mass is 16.4. The van der Waals surface area contributed by atoms with Gasteiger partial charge in [0, 0.05) is 22.5 Å². The van der Waals surface area contributed by atoms with Gasteiger partial charge in [0.15, 0.2) is 0 Å². The van der Waals surface area contributed by atoms with Crippen molar-refractivity contribution < 1.29 is 9.90 Å². The SMILES string of the molecule is CCC(C)(C)Nc1ncc(C(=O)O)c2ccccc12. The Bertz CT molecular complexity index is 621. The van der Waals surface area contributed by atoms with Crippen LogP contribution in [0.3, 0.4) is 0 Å². The van der Waals surface area contributed by atoms with Gasteiger partial charge < -0.3 is 10.4 Å². The molecule has 0 aliphatic heterocycles. The van der Waals surface area contributed by atoms with Gasteiger partial charge >= 0.3 is 5.97 Å². The summed E-state index contributed by atoms with van der Waals surface area (Å²) in [6.07, 6.45) is 2.36. The lowest BCUT2D eigenvalue weighted by Gasteiger charge is -2.26. The van der Waals surface area contributed by atoms with E-state index >= 15 is 0 Å². The molecule has 2 rings (SSSR count). The summed E-state index contributed by atoms with van der Waals surface area (Å²) in [5.74, 6) is -0.225. The third-order valence-corrected chi connectivity index (χ3v) is 3.37. The molecule has 2 N–H and O–H groups in total. The molecule has 100 valence electrons. The molecule has 0 fully saturated rings. The molecule has 0 saturated heterocycles. The highest BCUT2D eigenvalue weighted by molar-refractivity contribution is 6.06. The number of rotatable bonds is 4. The fraction of sp³-hybridized carbons (Fsp3) is 0.333. The van der Waals surface area contributed by atoms with E-state index in [1.807, 2.05) is 24.3 Å². The van der Waals surface area contributed by atoms with Crippen LogP contribution in [0.15, 0.2) is 30.5 Å². The molecule has 19 heavy (non-hydrogen) atoms. The van der Waals surface area contributed by atoms with Crippen LogP contribution < -0.4 is 5.32 Å². The summed E-state index contributed by atoms with van der Waals surface area (Å²) in [6, 6.07) is 7.43. The van der Waals surface area contributed by atoms with Crippen molar-refractivity contribution in [1.82, 2.24) is 4.98 Å². The topological polar surface area (TPSA) is 62.2 Å². The molecule has 0 atom stereocenters. The number of aromatic nitrogens is 1. The first-order chi connectivity index (χ1) is 8.94. The van der Waals surface area contributed by atoms with Gasteiger partial charge in [0.25, 0.3) is 0 Å². The molecule has 4 heteroatoms. The Balaban J connectivity index is 2.59. The lowest BCUT2D eigenvalue weighted by Crippen LogP contribution is -2.30. The first kappa shape index (κ1) is 13.3. The van der Waals surface area contributed by atoms with E-state index in [4.69, 9.17) is 0 Å². The van der Waals surface area contributed by atoms with Crippen LogP contribution in [0.4, 0.5) is 5.82 Å². The Hall–Kier alpha value is -2.10. The number of carbonyl (C=O) groups is 1. The number of fused-ring (bicyclic) bond motifs is 1. The molecular weight excluding hydrogens is 240 g/mol. The van der Waals surface area contributed by atoms with Crippen molar-refractivity contribution in [3.8, 4) is 0 Å². The van der Waals surface area contributed by atoms with Gasteiger partial charge in [-0.15, -0.1) is 0 Å². The predicted molar refractivity (Wildman–Crippen MR) is 76.7 cm³/mol. The van der Waals surface area contributed by atoms with Crippen molar-refractivity contribution in [2.24, 2.45) is 0 Å². The third kappa shape index (κ3) is 2.67. The normalized spacial score (nSPS) is 11.5. The highest BCUT2D eigenvalue weighted by Gasteiger charge is 2.18. The van der Waals surface area contributed by atoms with E-state index in [0.29, 0.717) is 5.39 Å². The number of hydrogen-bond donors (Lipinski definition) is 2. The maximum Gasteiger partial charge on any atom is 0.337 e. The minimum Gasteiger partial charge on any atom is -0.478 e. The van der Waals surface area contributed by atoms with E-state index in [0.717, 1.165) is 17.6 Å². The number of carboxylic acid groups (broad SMARTS) is 1. The van der Waals surface area contributed by atoms with Crippen molar-refractivity contribution in [2.75, 3.05) is 5.32 Å². The molecule has 0 amide bonds. The Labute approximate surface area is 112 Å². The zero-order chi connectivity index (χ0) is 14.0. The summed E-state index contributed by atoms with van der Waals surface area (Å²) in [6.45, 7) is 6.28. The summed E-state index contributed by atoms with van der Waals surface area (Å²) in [5, 5.41) is 14.1. The van der Waals surface area contributed by atoms with Crippen LogP contribution in [0.2, 0.25) is 0 Å². The number of anilines is 1. The monoisotopic (exact) mass is 258 g/mol. The van der Waals surface area contributed by atoms with Gasteiger partial charge in [-0.2, -0.15) is 0 Å². The summed E-state index contributed by atoms with van der Waals surface area (Å²) in [7, 11) is 0. The van der Waals surface area contributed by atoms with Crippen LogP contribution in [-0.2, 0) is 0 Å². The van der Waals surface area contributed by atoms with Gasteiger partial charge in [0.2, 0.25) is 0 Å². The van der Waals surface area contributed by atoms with Gasteiger partial charge in [-0.25, -0.2) is 9.78 Å². The average molecular weight is 258 g/mol. The zero-order valence-corrected chi connectivity index (χ0v) is 11.4. The molecule has 4 nitrogen and oxygen atoms in total. The lowest BCUT2D eigenvalue weighted by atomic mass is 10.0. The van der Waals surface area contributed by atoms with Crippen molar-refractivity contribution in [1.29, 1.82) is 0 Å². The standard InChI is InChI=1S/C15H18N2O2/c1-4-15(2,3)17-13-11-8-6-5-7-10(11)12(9-16-13)14(18)19/h5-9H,4H2,1-3H3,(H,16,17)(H,18,19). The maximum atomic E-state index is 11.2. The molecule has 1 aromatic heterocycles. The average Bonchev–Trinajstić information content (AvgIpc) is 2.38. The number of nitrogens with zero attached hydrogens (tertiary/aromatic N) is 1. The van der Waals surface area contributed by atoms with Crippen LogP contribution in [-0.4, -0.2) is 21.6 Å². The predicted octanol–water partition coefficient (Wildman–Crippen LogP) is 3.53. The third-order valence-electron chi connectivity index (χ3n) is 3.37. The number of nitrogens with one attached hydrogen (secondary N) is 1. The Kier molecular flexibility index (Phi) is 3.42. The Morgan fingerprint density at radius 1 is 1.32 bits per heavy atom. The molecule has 0 radical (unpaired) electrons. The van der Waals surface area contributed by atoms with Crippen molar-refractivity contribution >= 4 is 22.6 Å². The highest BCUT2D eigenvalue weighted by Crippen LogP contribution is 2.27. The van der Waals surface area contributed by atoms with Crippen LogP contribution in [0.1, 0.15) is 37.6 Å². The van der Waals surface area contributed by atoms with E-state index < -0.39 is 5.97 Å². The minimum absolute atomic E-state index is 0.0828. The van der Waals surface area contributed by atoms with Crippen molar-refractivity contribution in [3.63, 3.8) is 0 Å². The van der Waals surface area contributed by atoms with E-state index in [1.54, 1.807) is 0 Å². The number of aromatic carboxylic acids is 1. The van der Waals surface area contributed by atoms with Crippen LogP contribution in [0, 0.1) is 0 Å². The molecule has 1 aromatic carbocycles. The van der Waals surface area contributed by atoms with Gasteiger partial charge in [0.05, 0.1) is 5.56 Å². The fourth-order valence-electron chi connectivity index (χ4n) is 1.87. The molecule has 0 saturated carbocycles. The maximum absolute atomic E-state index is 11.2. The Morgan fingerprint density at radius 2 is 1.95 bits per heavy atom. The fourth-order valence-corrected chi connectivity index (χ4v) is 1.87. The second kappa shape index (κ2) is 4.88. The quantitative estimate of drug-likeness (QED) is 0.880. The molecule has 0 aliphatic carbocycles. The second-order valence-electron chi connectivity index (χ2n) is 5.23. The van der Waals surface area contributed by atoms with Gasteiger partial charge in [0.1, 0.15) is 5.82 Å². The summed E-state index contributed by atoms with van der Waals surface area (Å²) >= 11 is 0. The molecule has 0 unspecified atom stereocenters. The number of hydrogen-bond acceptors (Lipinski definition) is 3. The van der Waals surface area contributed by atoms with Crippen LogP contribution in [0.25, 0.3) is 10.8 Å². The number of carboxylic acids is 1.